The number of fused-ring (bicyclic) bond motifs is 1. The molecule has 2 aromatic rings. The van der Waals surface area contributed by atoms with Crippen molar-refractivity contribution in [1.82, 2.24) is 9.97 Å². The summed E-state index contributed by atoms with van der Waals surface area (Å²) < 4.78 is 0. The third-order valence-electron chi connectivity index (χ3n) is 2.41. The van der Waals surface area contributed by atoms with E-state index in [4.69, 9.17) is 0 Å². The molecule has 0 aromatic carbocycles. The van der Waals surface area contributed by atoms with Gasteiger partial charge >= 0.3 is 0 Å². The summed E-state index contributed by atoms with van der Waals surface area (Å²) >= 11 is 1.65. The van der Waals surface area contributed by atoms with Crippen molar-refractivity contribution in [2.75, 3.05) is 32.5 Å². The minimum Gasteiger partial charge on any atom is -0.369 e. The largest absolute Gasteiger partial charge is 0.369 e. The lowest BCUT2D eigenvalue weighted by Gasteiger charge is -2.08. The molecule has 0 aliphatic carbocycles. The van der Waals surface area contributed by atoms with Crippen LogP contribution in [-0.2, 0) is 0 Å². The number of aromatic nitrogens is 2. The molecule has 4 nitrogen and oxygen atoms in total. The average molecular weight is 237 g/mol. The molecule has 0 unspecified atom stereocenters. The zero-order chi connectivity index (χ0) is 11.4. The lowest BCUT2D eigenvalue weighted by Crippen LogP contribution is -3.05. The highest BCUT2D eigenvalue weighted by Crippen LogP contribution is 2.23. The predicted octanol–water partition coefficient (Wildman–Crippen LogP) is 0.638. The lowest BCUT2D eigenvalue weighted by molar-refractivity contribution is -0.858. The number of quaternary nitrogens is 1. The Labute approximate surface area is 99.3 Å². The van der Waals surface area contributed by atoms with Crippen LogP contribution in [0.3, 0.4) is 0 Å². The van der Waals surface area contributed by atoms with Gasteiger partial charge in [0.15, 0.2) is 0 Å². The molecule has 2 rings (SSSR count). The van der Waals surface area contributed by atoms with Crippen molar-refractivity contribution in [2.45, 2.75) is 6.42 Å². The minimum absolute atomic E-state index is 0.958. The van der Waals surface area contributed by atoms with Gasteiger partial charge in [0.1, 0.15) is 17.0 Å². The van der Waals surface area contributed by atoms with Gasteiger partial charge in [0.2, 0.25) is 0 Å². The van der Waals surface area contributed by atoms with E-state index in [2.05, 4.69) is 40.8 Å². The number of anilines is 1. The van der Waals surface area contributed by atoms with Gasteiger partial charge in [-0.1, -0.05) is 0 Å². The highest BCUT2D eigenvalue weighted by Gasteiger charge is 2.03. The molecule has 86 valence electrons. The van der Waals surface area contributed by atoms with Crippen LogP contribution in [0.4, 0.5) is 5.82 Å². The first-order valence-electron chi connectivity index (χ1n) is 5.48. The fourth-order valence-corrected chi connectivity index (χ4v) is 2.31. The summed E-state index contributed by atoms with van der Waals surface area (Å²) in [5, 5.41) is 6.55. The first kappa shape index (κ1) is 11.3. The van der Waals surface area contributed by atoms with Crippen LogP contribution in [0, 0.1) is 0 Å². The van der Waals surface area contributed by atoms with E-state index >= 15 is 0 Å². The van der Waals surface area contributed by atoms with E-state index in [0.717, 1.165) is 29.0 Å². The van der Waals surface area contributed by atoms with Crippen molar-refractivity contribution >= 4 is 27.4 Å². The van der Waals surface area contributed by atoms with Crippen molar-refractivity contribution in [2.24, 2.45) is 0 Å². The minimum atomic E-state index is 0.958. The Morgan fingerprint density at radius 2 is 2.25 bits per heavy atom. The number of nitrogens with one attached hydrogen (secondary N) is 2. The molecule has 0 fully saturated rings. The van der Waals surface area contributed by atoms with Gasteiger partial charge in [-0.3, -0.25) is 0 Å². The molecule has 0 spiro atoms. The van der Waals surface area contributed by atoms with Gasteiger partial charge in [0.05, 0.1) is 26.0 Å². The van der Waals surface area contributed by atoms with E-state index in [1.165, 1.54) is 11.4 Å². The zero-order valence-corrected chi connectivity index (χ0v) is 10.5. The second-order valence-electron chi connectivity index (χ2n) is 4.10. The molecule has 2 N–H and O–H groups in total. The average Bonchev–Trinajstić information content (AvgIpc) is 2.72. The van der Waals surface area contributed by atoms with E-state index in [1.807, 2.05) is 0 Å². The number of nitrogens with zero attached hydrogens (tertiary/aromatic N) is 2. The van der Waals surface area contributed by atoms with Gasteiger partial charge in [-0.05, 0) is 11.4 Å². The fourth-order valence-electron chi connectivity index (χ4n) is 1.58. The highest BCUT2D eigenvalue weighted by atomic mass is 32.1. The summed E-state index contributed by atoms with van der Waals surface area (Å²) in [4.78, 5) is 11.0. The SMILES string of the molecule is C[NH+](C)CCCNc1ncnc2sccc12. The van der Waals surface area contributed by atoms with Gasteiger partial charge < -0.3 is 10.2 Å². The lowest BCUT2D eigenvalue weighted by atomic mass is 10.3. The number of hydrogen-bond acceptors (Lipinski definition) is 4. The molecule has 0 atom stereocenters. The molecular formula is C11H17N4S+. The number of thiophene rings is 1. The van der Waals surface area contributed by atoms with Crippen molar-refractivity contribution in [1.29, 1.82) is 0 Å². The van der Waals surface area contributed by atoms with Crippen LogP contribution in [0.5, 0.6) is 0 Å². The number of hydrogen-bond donors (Lipinski definition) is 2. The maximum Gasteiger partial charge on any atom is 0.138 e. The predicted molar refractivity (Wildman–Crippen MR) is 68.2 cm³/mol. The first-order valence-corrected chi connectivity index (χ1v) is 6.36. The Hall–Kier alpha value is -1.20. The Kier molecular flexibility index (Phi) is 3.69. The Balaban J connectivity index is 1.96. The van der Waals surface area contributed by atoms with E-state index in [0.29, 0.717) is 0 Å². The van der Waals surface area contributed by atoms with Crippen molar-refractivity contribution in [3.05, 3.63) is 17.8 Å². The molecule has 0 bridgehead atoms. The first-order chi connectivity index (χ1) is 7.77. The molecule has 0 saturated heterocycles. The summed E-state index contributed by atoms with van der Waals surface area (Å²) in [6.45, 7) is 2.14. The molecule has 5 heteroatoms. The van der Waals surface area contributed by atoms with E-state index < -0.39 is 0 Å². The topological polar surface area (TPSA) is 42.2 Å². The van der Waals surface area contributed by atoms with Gasteiger partial charge in [0.25, 0.3) is 0 Å². The maximum absolute atomic E-state index is 4.27. The molecular weight excluding hydrogens is 220 g/mol. The van der Waals surface area contributed by atoms with E-state index in [1.54, 1.807) is 17.7 Å². The fraction of sp³-hybridized carbons (Fsp3) is 0.455. The third-order valence-corrected chi connectivity index (χ3v) is 3.23. The second-order valence-corrected chi connectivity index (χ2v) is 4.99. The Morgan fingerprint density at radius 3 is 3.06 bits per heavy atom. The van der Waals surface area contributed by atoms with Crippen LogP contribution in [0.1, 0.15) is 6.42 Å². The summed E-state index contributed by atoms with van der Waals surface area (Å²) in [5.41, 5.74) is 0. The molecule has 0 saturated carbocycles. The smallest absolute Gasteiger partial charge is 0.138 e. The van der Waals surface area contributed by atoms with Crippen molar-refractivity contribution < 1.29 is 4.90 Å². The van der Waals surface area contributed by atoms with Gasteiger partial charge in [-0.2, -0.15) is 0 Å². The normalized spacial score (nSPS) is 11.2. The van der Waals surface area contributed by atoms with Crippen LogP contribution in [0.2, 0.25) is 0 Å². The van der Waals surface area contributed by atoms with Gasteiger partial charge in [-0.25, -0.2) is 9.97 Å². The number of rotatable bonds is 5. The van der Waals surface area contributed by atoms with Crippen LogP contribution in [0.25, 0.3) is 10.2 Å². The highest BCUT2D eigenvalue weighted by molar-refractivity contribution is 7.16. The quantitative estimate of drug-likeness (QED) is 0.750. The summed E-state index contributed by atoms with van der Waals surface area (Å²) in [6, 6.07) is 2.07. The van der Waals surface area contributed by atoms with Gasteiger partial charge in [0, 0.05) is 13.0 Å². The summed E-state index contributed by atoms with van der Waals surface area (Å²) in [7, 11) is 4.34. The Morgan fingerprint density at radius 1 is 1.38 bits per heavy atom. The molecule has 2 aromatic heterocycles. The molecule has 16 heavy (non-hydrogen) atoms. The zero-order valence-electron chi connectivity index (χ0n) is 9.66. The van der Waals surface area contributed by atoms with Crippen LogP contribution >= 0.6 is 11.3 Å². The van der Waals surface area contributed by atoms with Gasteiger partial charge in [-0.15, -0.1) is 11.3 Å². The van der Waals surface area contributed by atoms with E-state index in [9.17, 15) is 0 Å². The van der Waals surface area contributed by atoms with E-state index in [-0.39, 0.29) is 0 Å². The third kappa shape index (κ3) is 2.68. The molecule has 2 heterocycles. The summed E-state index contributed by atoms with van der Waals surface area (Å²) in [6.07, 6.45) is 2.77. The molecule has 0 amide bonds. The van der Waals surface area contributed by atoms with Crippen LogP contribution < -0.4 is 10.2 Å². The molecule has 0 radical (unpaired) electrons. The molecule has 0 aliphatic rings. The Bertz CT molecular complexity index is 452. The van der Waals surface area contributed by atoms with Crippen molar-refractivity contribution in [3.63, 3.8) is 0 Å². The van der Waals surface area contributed by atoms with Crippen molar-refractivity contribution in [3.8, 4) is 0 Å². The maximum atomic E-state index is 4.27. The van der Waals surface area contributed by atoms with Crippen LogP contribution in [-0.4, -0.2) is 37.2 Å². The van der Waals surface area contributed by atoms with Crippen LogP contribution in [0.15, 0.2) is 17.8 Å². The molecule has 0 aliphatic heterocycles. The second kappa shape index (κ2) is 5.23. The summed E-state index contributed by atoms with van der Waals surface area (Å²) in [5.74, 6) is 0.958. The standard InChI is InChI=1S/C11H16N4S/c1-15(2)6-3-5-12-10-9-4-7-16-11(9)14-8-13-10/h4,7-8H,3,5-6H2,1-2H3,(H,12,13,14)/p+1. The monoisotopic (exact) mass is 237 g/mol.